The van der Waals surface area contributed by atoms with Gasteiger partial charge in [0.05, 0.1) is 12.7 Å². The summed E-state index contributed by atoms with van der Waals surface area (Å²) in [7, 11) is 0. The Kier molecular flexibility index (Phi) is 4.74. The van der Waals surface area contributed by atoms with E-state index in [0.29, 0.717) is 18.3 Å². The Hall–Kier alpha value is -2.25. The molecule has 136 valence electrons. The van der Waals surface area contributed by atoms with Crippen molar-refractivity contribution < 1.29 is 13.9 Å². The number of carbonyl (C=O) groups is 1. The highest BCUT2D eigenvalue weighted by Gasteiger charge is 2.31. The fraction of sp³-hybridized carbons (Fsp3) is 0.421. The first-order chi connectivity index (χ1) is 12.6. The number of pyridine rings is 1. The van der Waals surface area contributed by atoms with E-state index >= 15 is 0 Å². The summed E-state index contributed by atoms with van der Waals surface area (Å²) in [5, 5.41) is 0.893. The normalized spacial score (nSPS) is 20.7. The second kappa shape index (κ2) is 7.17. The fourth-order valence-electron chi connectivity index (χ4n) is 3.34. The Balaban J connectivity index is 1.37. The van der Waals surface area contributed by atoms with Gasteiger partial charge in [-0.2, -0.15) is 0 Å². The van der Waals surface area contributed by atoms with Crippen LogP contribution in [-0.2, 0) is 17.8 Å². The average molecular weight is 371 g/mol. The standard InChI is InChI=1S/C19H21N3O3S/c1-12-7-14(25-18-4-3-17-16(21-18)5-6-24-17)10-22(12)11-15-9-20-19(26-15)8-13(2)23/h3-6,9,12,14H,7-8,10-11H2,1-2H3/t12-,14+/m0/s1. The van der Waals surface area contributed by atoms with E-state index in [1.54, 1.807) is 24.5 Å². The number of hydrogen-bond donors (Lipinski definition) is 0. The molecule has 0 radical (unpaired) electrons. The molecule has 2 atom stereocenters. The molecule has 1 aliphatic rings. The Morgan fingerprint density at radius 1 is 1.42 bits per heavy atom. The molecule has 0 spiro atoms. The van der Waals surface area contributed by atoms with Crippen molar-refractivity contribution in [1.29, 1.82) is 0 Å². The Bertz CT molecular complexity index is 920. The first-order valence-corrected chi connectivity index (χ1v) is 9.56. The maximum atomic E-state index is 11.2. The molecule has 0 amide bonds. The third-order valence-corrected chi connectivity index (χ3v) is 5.58. The van der Waals surface area contributed by atoms with Crippen molar-refractivity contribution in [2.45, 2.75) is 45.4 Å². The van der Waals surface area contributed by atoms with Crippen LogP contribution < -0.4 is 4.74 Å². The molecule has 1 saturated heterocycles. The van der Waals surface area contributed by atoms with E-state index in [0.717, 1.165) is 35.6 Å². The zero-order chi connectivity index (χ0) is 18.1. The van der Waals surface area contributed by atoms with Crippen LogP contribution in [0.2, 0.25) is 0 Å². The van der Waals surface area contributed by atoms with Gasteiger partial charge in [-0.3, -0.25) is 9.69 Å². The summed E-state index contributed by atoms with van der Waals surface area (Å²) in [5.74, 6) is 0.787. The van der Waals surface area contributed by atoms with Crippen LogP contribution in [-0.4, -0.2) is 39.3 Å². The van der Waals surface area contributed by atoms with Gasteiger partial charge in [0.2, 0.25) is 5.88 Å². The lowest BCUT2D eigenvalue weighted by Gasteiger charge is -2.19. The lowest BCUT2D eigenvalue weighted by atomic mass is 10.2. The molecular formula is C19H21N3O3S. The number of nitrogens with zero attached hydrogens (tertiary/aromatic N) is 3. The largest absolute Gasteiger partial charge is 0.473 e. The van der Waals surface area contributed by atoms with Crippen LogP contribution in [0.15, 0.2) is 35.1 Å². The average Bonchev–Trinajstić information content (AvgIpc) is 3.29. The number of likely N-dealkylation sites (tertiary alicyclic amines) is 1. The second-order valence-corrected chi connectivity index (χ2v) is 8.01. The third-order valence-electron chi connectivity index (χ3n) is 4.59. The minimum Gasteiger partial charge on any atom is -0.473 e. The van der Waals surface area contributed by atoms with Gasteiger partial charge in [0.25, 0.3) is 0 Å². The highest BCUT2D eigenvalue weighted by molar-refractivity contribution is 7.11. The molecule has 4 rings (SSSR count). The minimum atomic E-state index is 0.117. The maximum absolute atomic E-state index is 11.2. The topological polar surface area (TPSA) is 68.5 Å². The van der Waals surface area contributed by atoms with Crippen molar-refractivity contribution in [2.75, 3.05) is 6.54 Å². The molecule has 0 saturated carbocycles. The van der Waals surface area contributed by atoms with E-state index in [1.165, 1.54) is 4.88 Å². The van der Waals surface area contributed by atoms with Crippen molar-refractivity contribution >= 4 is 28.2 Å². The van der Waals surface area contributed by atoms with Gasteiger partial charge >= 0.3 is 0 Å². The van der Waals surface area contributed by atoms with Crippen LogP contribution in [0.5, 0.6) is 5.88 Å². The third kappa shape index (κ3) is 3.78. The Morgan fingerprint density at radius 3 is 3.15 bits per heavy atom. The Labute approximate surface area is 155 Å². The van der Waals surface area contributed by atoms with E-state index in [2.05, 4.69) is 21.8 Å². The molecule has 0 bridgehead atoms. The molecule has 3 aromatic rings. The lowest BCUT2D eigenvalue weighted by Crippen LogP contribution is -2.27. The molecule has 4 heterocycles. The van der Waals surface area contributed by atoms with Gasteiger partial charge in [0.15, 0.2) is 5.58 Å². The Morgan fingerprint density at radius 2 is 2.31 bits per heavy atom. The molecule has 3 aromatic heterocycles. The summed E-state index contributed by atoms with van der Waals surface area (Å²) >= 11 is 1.62. The molecule has 0 aliphatic carbocycles. The number of furan rings is 1. The number of ketones is 1. The smallest absolute Gasteiger partial charge is 0.214 e. The van der Waals surface area contributed by atoms with Crippen molar-refractivity contribution in [2.24, 2.45) is 0 Å². The number of Topliss-reactive ketones (excluding diaryl/α,β-unsaturated/α-hetero) is 1. The molecule has 7 heteroatoms. The van der Waals surface area contributed by atoms with Crippen molar-refractivity contribution in [3.05, 3.63) is 40.5 Å². The predicted molar refractivity (Wildman–Crippen MR) is 99.4 cm³/mol. The number of ether oxygens (including phenoxy) is 1. The quantitative estimate of drug-likeness (QED) is 0.661. The van der Waals surface area contributed by atoms with E-state index in [9.17, 15) is 4.79 Å². The fourth-order valence-corrected chi connectivity index (χ4v) is 4.36. The highest BCUT2D eigenvalue weighted by Crippen LogP contribution is 2.26. The van der Waals surface area contributed by atoms with Gasteiger partial charge in [0.1, 0.15) is 22.4 Å². The number of carbonyl (C=O) groups excluding carboxylic acids is 1. The summed E-state index contributed by atoms with van der Waals surface area (Å²) in [6.07, 6.45) is 5.03. The van der Waals surface area contributed by atoms with Crippen molar-refractivity contribution in [3.63, 3.8) is 0 Å². The first kappa shape index (κ1) is 17.2. The zero-order valence-corrected chi connectivity index (χ0v) is 15.7. The molecular weight excluding hydrogens is 350 g/mol. The molecule has 6 nitrogen and oxygen atoms in total. The van der Waals surface area contributed by atoms with Crippen LogP contribution >= 0.6 is 11.3 Å². The maximum Gasteiger partial charge on any atom is 0.214 e. The van der Waals surface area contributed by atoms with Gasteiger partial charge in [-0.05, 0) is 19.9 Å². The lowest BCUT2D eigenvalue weighted by molar-refractivity contribution is -0.116. The predicted octanol–water partition coefficient (Wildman–Crippen LogP) is 3.46. The summed E-state index contributed by atoms with van der Waals surface area (Å²) in [4.78, 5) is 23.7. The minimum absolute atomic E-state index is 0.117. The summed E-state index contributed by atoms with van der Waals surface area (Å²) in [6, 6.07) is 6.02. The SMILES string of the molecule is CC(=O)Cc1ncc(CN2C[C@H](Oc3ccc4occc4n3)C[C@@H]2C)s1. The van der Waals surface area contributed by atoms with E-state index in [1.807, 2.05) is 24.4 Å². The molecule has 1 fully saturated rings. The number of hydrogen-bond acceptors (Lipinski definition) is 7. The molecule has 0 N–H and O–H groups in total. The van der Waals surface area contributed by atoms with Crippen LogP contribution in [0.3, 0.4) is 0 Å². The second-order valence-electron chi connectivity index (χ2n) is 6.81. The highest BCUT2D eigenvalue weighted by atomic mass is 32.1. The number of aromatic nitrogens is 2. The van der Waals surface area contributed by atoms with E-state index in [-0.39, 0.29) is 11.9 Å². The first-order valence-electron chi connectivity index (χ1n) is 8.75. The molecule has 0 aromatic carbocycles. The van der Waals surface area contributed by atoms with Gasteiger partial charge in [-0.1, -0.05) is 0 Å². The van der Waals surface area contributed by atoms with Gasteiger partial charge in [-0.25, -0.2) is 9.97 Å². The van der Waals surface area contributed by atoms with Gasteiger partial charge in [-0.15, -0.1) is 11.3 Å². The zero-order valence-electron chi connectivity index (χ0n) is 14.8. The van der Waals surface area contributed by atoms with Crippen LogP contribution in [0, 0.1) is 0 Å². The molecule has 26 heavy (non-hydrogen) atoms. The van der Waals surface area contributed by atoms with Crippen LogP contribution in [0.1, 0.15) is 30.2 Å². The van der Waals surface area contributed by atoms with Crippen LogP contribution in [0.4, 0.5) is 0 Å². The number of fused-ring (bicyclic) bond motifs is 1. The summed E-state index contributed by atoms with van der Waals surface area (Å²) < 4.78 is 11.4. The van der Waals surface area contributed by atoms with Crippen molar-refractivity contribution in [1.82, 2.24) is 14.9 Å². The van der Waals surface area contributed by atoms with Gasteiger partial charge < -0.3 is 9.15 Å². The van der Waals surface area contributed by atoms with Crippen LogP contribution in [0.25, 0.3) is 11.1 Å². The van der Waals surface area contributed by atoms with Gasteiger partial charge in [0, 0.05) is 48.8 Å². The molecule has 0 unspecified atom stereocenters. The van der Waals surface area contributed by atoms with E-state index < -0.39 is 0 Å². The monoisotopic (exact) mass is 371 g/mol. The number of thiazole rings is 1. The van der Waals surface area contributed by atoms with Crippen molar-refractivity contribution in [3.8, 4) is 5.88 Å². The van der Waals surface area contributed by atoms with E-state index in [4.69, 9.17) is 9.15 Å². The molecule has 1 aliphatic heterocycles. The summed E-state index contributed by atoms with van der Waals surface area (Å²) in [6.45, 7) is 5.51. The summed E-state index contributed by atoms with van der Waals surface area (Å²) in [5.41, 5.74) is 1.58. The number of rotatable bonds is 6.